The van der Waals surface area contributed by atoms with Gasteiger partial charge in [-0.3, -0.25) is 10.1 Å². The number of para-hydroxylation sites is 1. The van der Waals surface area contributed by atoms with Gasteiger partial charge in [-0.05, 0) is 64.7 Å². The first-order valence-electron chi connectivity index (χ1n) is 9.42. The molecule has 6 nitrogen and oxygen atoms in total. The molecule has 1 amide bonds. The highest BCUT2D eigenvalue weighted by Gasteiger charge is 2.11. The van der Waals surface area contributed by atoms with E-state index in [1.54, 1.807) is 29.8 Å². The van der Waals surface area contributed by atoms with Crippen molar-refractivity contribution in [2.45, 2.75) is 13.8 Å². The Balaban J connectivity index is 1.59. The van der Waals surface area contributed by atoms with Crippen LogP contribution in [0.3, 0.4) is 0 Å². The van der Waals surface area contributed by atoms with E-state index in [1.165, 1.54) is 17.4 Å². The number of aromatic nitrogens is 1. The molecule has 0 aliphatic carbocycles. The van der Waals surface area contributed by atoms with Crippen LogP contribution in [0.25, 0.3) is 6.08 Å². The van der Waals surface area contributed by atoms with Crippen LogP contribution in [0.2, 0.25) is 0 Å². The highest BCUT2D eigenvalue weighted by atomic mass is 79.9. The standard InChI is InChI=1S/C23H20BrN3O3S/c1-15-4-3-5-16(2)21(15)30-10-9-29-20-7-6-17(13-19(20)24)12-18(14-25)22(28)27-23-26-8-11-31-23/h3-8,11-13H,9-10H2,1-2H3,(H,26,27,28)/b18-12-. The number of amides is 1. The minimum absolute atomic E-state index is 0.0160. The summed E-state index contributed by atoms with van der Waals surface area (Å²) in [5.41, 5.74) is 2.85. The number of halogens is 1. The summed E-state index contributed by atoms with van der Waals surface area (Å²) in [5.74, 6) is 1.02. The first-order chi connectivity index (χ1) is 15.0. The lowest BCUT2D eigenvalue weighted by atomic mass is 10.1. The summed E-state index contributed by atoms with van der Waals surface area (Å²) in [4.78, 5) is 16.2. The summed E-state index contributed by atoms with van der Waals surface area (Å²) in [6, 6.07) is 13.3. The largest absolute Gasteiger partial charge is 0.489 e. The Morgan fingerprint density at radius 3 is 2.61 bits per heavy atom. The van der Waals surface area contributed by atoms with Crippen LogP contribution in [0.4, 0.5) is 5.13 Å². The highest BCUT2D eigenvalue weighted by Crippen LogP contribution is 2.27. The van der Waals surface area contributed by atoms with Crippen LogP contribution in [-0.2, 0) is 4.79 Å². The molecule has 0 saturated carbocycles. The number of carbonyl (C=O) groups excluding carboxylic acids is 1. The number of thiazole rings is 1. The second-order valence-corrected chi connectivity index (χ2v) is 8.32. The van der Waals surface area contributed by atoms with E-state index >= 15 is 0 Å². The van der Waals surface area contributed by atoms with Gasteiger partial charge in [-0.1, -0.05) is 24.3 Å². The minimum atomic E-state index is -0.502. The van der Waals surface area contributed by atoms with Crippen molar-refractivity contribution in [1.82, 2.24) is 4.98 Å². The molecule has 0 fully saturated rings. The third-order valence-corrected chi connectivity index (χ3v) is 5.59. The van der Waals surface area contributed by atoms with Crippen molar-refractivity contribution >= 4 is 44.4 Å². The van der Waals surface area contributed by atoms with Crippen molar-refractivity contribution in [3.8, 4) is 17.6 Å². The molecule has 2 aromatic carbocycles. The zero-order chi connectivity index (χ0) is 22.2. The molecule has 3 rings (SSSR count). The molecular formula is C23H20BrN3O3S. The fraction of sp³-hybridized carbons (Fsp3) is 0.174. The molecule has 0 spiro atoms. The molecular weight excluding hydrogens is 478 g/mol. The van der Waals surface area contributed by atoms with Gasteiger partial charge in [0.15, 0.2) is 5.13 Å². The third kappa shape index (κ3) is 6.17. The Bertz CT molecular complexity index is 1120. The molecule has 158 valence electrons. The number of rotatable bonds is 8. The molecule has 1 heterocycles. The molecule has 0 saturated heterocycles. The van der Waals surface area contributed by atoms with Gasteiger partial charge < -0.3 is 9.47 Å². The highest BCUT2D eigenvalue weighted by molar-refractivity contribution is 9.10. The van der Waals surface area contributed by atoms with Gasteiger partial charge in [-0.25, -0.2) is 4.98 Å². The van der Waals surface area contributed by atoms with E-state index in [9.17, 15) is 10.1 Å². The fourth-order valence-corrected chi connectivity index (χ4v) is 3.85. The maximum atomic E-state index is 12.3. The summed E-state index contributed by atoms with van der Waals surface area (Å²) in [5, 5.41) is 14.1. The zero-order valence-corrected chi connectivity index (χ0v) is 19.4. The van der Waals surface area contributed by atoms with Gasteiger partial charge in [0.25, 0.3) is 5.91 Å². The first-order valence-corrected chi connectivity index (χ1v) is 11.1. The lowest BCUT2D eigenvalue weighted by Crippen LogP contribution is -2.13. The summed E-state index contributed by atoms with van der Waals surface area (Å²) in [7, 11) is 0. The van der Waals surface area contributed by atoms with Crippen LogP contribution in [0.5, 0.6) is 11.5 Å². The maximum absolute atomic E-state index is 12.3. The Kier molecular flexibility index (Phi) is 7.82. The van der Waals surface area contributed by atoms with Gasteiger partial charge >= 0.3 is 0 Å². The van der Waals surface area contributed by atoms with Gasteiger partial charge in [-0.15, -0.1) is 11.3 Å². The molecule has 3 aromatic rings. The Morgan fingerprint density at radius 1 is 1.23 bits per heavy atom. The average Bonchev–Trinajstić information content (AvgIpc) is 3.25. The molecule has 0 aliphatic heterocycles. The van der Waals surface area contributed by atoms with Crippen LogP contribution < -0.4 is 14.8 Å². The normalized spacial score (nSPS) is 11.0. The quantitative estimate of drug-likeness (QED) is 0.251. The topological polar surface area (TPSA) is 84.2 Å². The van der Waals surface area contributed by atoms with Gasteiger partial charge in [0, 0.05) is 11.6 Å². The van der Waals surface area contributed by atoms with E-state index in [2.05, 4.69) is 26.2 Å². The van der Waals surface area contributed by atoms with Crippen molar-refractivity contribution < 1.29 is 14.3 Å². The second kappa shape index (κ2) is 10.8. The molecule has 0 atom stereocenters. The number of aryl methyl sites for hydroxylation is 2. The Labute approximate surface area is 193 Å². The van der Waals surface area contributed by atoms with E-state index in [0.717, 1.165) is 16.9 Å². The van der Waals surface area contributed by atoms with E-state index in [4.69, 9.17) is 9.47 Å². The Hall–Kier alpha value is -3.15. The van der Waals surface area contributed by atoms with Gasteiger partial charge in [0.1, 0.15) is 36.4 Å². The average molecular weight is 498 g/mol. The van der Waals surface area contributed by atoms with Crippen LogP contribution in [0, 0.1) is 25.2 Å². The summed E-state index contributed by atoms with van der Waals surface area (Å²) in [6.07, 6.45) is 3.10. The van der Waals surface area contributed by atoms with Crippen molar-refractivity contribution in [1.29, 1.82) is 5.26 Å². The van der Waals surface area contributed by atoms with Crippen LogP contribution in [-0.4, -0.2) is 24.1 Å². The lowest BCUT2D eigenvalue weighted by molar-refractivity contribution is -0.112. The van der Waals surface area contributed by atoms with Crippen molar-refractivity contribution in [2.75, 3.05) is 18.5 Å². The molecule has 0 radical (unpaired) electrons. The number of nitriles is 1. The molecule has 1 N–H and O–H groups in total. The monoisotopic (exact) mass is 497 g/mol. The van der Waals surface area contributed by atoms with E-state index < -0.39 is 5.91 Å². The minimum Gasteiger partial charge on any atom is -0.489 e. The maximum Gasteiger partial charge on any atom is 0.268 e. The number of carbonyl (C=O) groups is 1. The van der Waals surface area contributed by atoms with Gasteiger partial charge in [-0.2, -0.15) is 5.26 Å². The van der Waals surface area contributed by atoms with Gasteiger partial charge in [0.05, 0.1) is 4.47 Å². The summed E-state index contributed by atoms with van der Waals surface area (Å²) in [6.45, 7) is 4.81. The number of ether oxygens (including phenoxy) is 2. The van der Waals surface area contributed by atoms with Crippen molar-refractivity contribution in [2.24, 2.45) is 0 Å². The number of nitrogens with zero attached hydrogens (tertiary/aromatic N) is 2. The van der Waals surface area contributed by atoms with E-state index in [1.807, 2.05) is 38.1 Å². The van der Waals surface area contributed by atoms with E-state index in [-0.39, 0.29) is 5.57 Å². The predicted octanol–water partition coefficient (Wildman–Crippen LogP) is 5.53. The predicted molar refractivity (Wildman–Crippen MR) is 125 cm³/mol. The molecule has 31 heavy (non-hydrogen) atoms. The molecule has 0 bridgehead atoms. The first kappa shape index (κ1) is 22.5. The van der Waals surface area contributed by atoms with E-state index in [0.29, 0.717) is 34.1 Å². The number of hydrogen-bond acceptors (Lipinski definition) is 6. The Morgan fingerprint density at radius 2 is 1.97 bits per heavy atom. The number of anilines is 1. The summed E-state index contributed by atoms with van der Waals surface area (Å²) < 4.78 is 12.4. The van der Waals surface area contributed by atoms with Crippen molar-refractivity contribution in [3.05, 3.63) is 74.7 Å². The second-order valence-electron chi connectivity index (χ2n) is 6.57. The number of benzene rings is 2. The van der Waals surface area contributed by atoms with Crippen LogP contribution >= 0.6 is 27.3 Å². The van der Waals surface area contributed by atoms with Gasteiger partial charge in [0.2, 0.25) is 0 Å². The third-order valence-electron chi connectivity index (χ3n) is 4.28. The molecule has 0 aliphatic rings. The molecule has 0 unspecified atom stereocenters. The van der Waals surface area contributed by atoms with Crippen molar-refractivity contribution in [3.63, 3.8) is 0 Å². The number of hydrogen-bond donors (Lipinski definition) is 1. The van der Waals surface area contributed by atoms with Crippen LogP contribution in [0.15, 0.2) is 58.0 Å². The smallest absolute Gasteiger partial charge is 0.268 e. The molecule has 1 aromatic heterocycles. The SMILES string of the molecule is Cc1cccc(C)c1OCCOc1ccc(/C=C(/C#N)C(=O)Nc2nccs2)cc1Br. The lowest BCUT2D eigenvalue weighted by Gasteiger charge is -2.13. The zero-order valence-electron chi connectivity index (χ0n) is 17.0. The summed E-state index contributed by atoms with van der Waals surface area (Å²) >= 11 is 4.76. The molecule has 8 heteroatoms. The fourth-order valence-electron chi connectivity index (χ4n) is 2.81. The number of nitrogens with one attached hydrogen (secondary N) is 1. The van der Waals surface area contributed by atoms with Crippen LogP contribution in [0.1, 0.15) is 16.7 Å².